The molecule has 7 nitrogen and oxygen atoms in total. The van der Waals surface area contributed by atoms with Crippen LogP contribution in [0.1, 0.15) is 15.9 Å². The minimum Gasteiger partial charge on any atom is -0.486 e. The number of esters is 1. The Morgan fingerprint density at radius 3 is 2.54 bits per heavy atom. The first-order valence-electron chi connectivity index (χ1n) is 8.17. The lowest BCUT2D eigenvalue weighted by molar-refractivity contribution is 0.0472. The van der Waals surface area contributed by atoms with Crippen LogP contribution in [0.25, 0.3) is 0 Å². The van der Waals surface area contributed by atoms with Crippen LogP contribution in [-0.2, 0) is 21.4 Å². The minimum absolute atomic E-state index is 0.0479. The molecule has 3 rings (SSSR count). The summed E-state index contributed by atoms with van der Waals surface area (Å²) in [5, 5.41) is 0.434. The fourth-order valence-electron chi connectivity index (χ4n) is 2.51. The Bertz CT molecular complexity index is 1020. The number of carbonyl (C=O) groups excluding carboxylic acids is 1. The Morgan fingerprint density at radius 1 is 1.11 bits per heavy atom. The zero-order valence-corrected chi connectivity index (χ0v) is 17.4. The lowest BCUT2D eigenvalue weighted by Gasteiger charge is -2.20. The number of sulfonamides is 1. The van der Waals surface area contributed by atoms with Crippen LogP contribution in [0.5, 0.6) is 11.5 Å². The first kappa shape index (κ1) is 20.7. The third kappa shape index (κ3) is 4.20. The van der Waals surface area contributed by atoms with Crippen molar-refractivity contribution < 1.29 is 27.4 Å². The quantitative estimate of drug-likeness (QED) is 0.656. The maximum Gasteiger partial charge on any atom is 0.340 e. The first-order valence-corrected chi connectivity index (χ1v) is 10.4. The number of ether oxygens (including phenoxy) is 3. The summed E-state index contributed by atoms with van der Waals surface area (Å²) in [4.78, 5) is 12.4. The number of fused-ring (bicyclic) bond motifs is 1. The topological polar surface area (TPSA) is 82.1 Å². The number of rotatable bonds is 5. The molecule has 0 spiro atoms. The summed E-state index contributed by atoms with van der Waals surface area (Å²) in [6, 6.07) is 7.14. The molecule has 150 valence electrons. The fourth-order valence-corrected chi connectivity index (χ4v) is 3.92. The van der Waals surface area contributed by atoms with Gasteiger partial charge in [-0.1, -0.05) is 23.2 Å². The number of hydrogen-bond acceptors (Lipinski definition) is 6. The smallest absolute Gasteiger partial charge is 0.340 e. The molecule has 10 heteroatoms. The van der Waals surface area contributed by atoms with E-state index in [4.69, 9.17) is 37.4 Å². The lowest BCUT2D eigenvalue weighted by atomic mass is 10.2. The second-order valence-electron chi connectivity index (χ2n) is 6.11. The molecule has 0 aromatic heterocycles. The van der Waals surface area contributed by atoms with Gasteiger partial charge in [-0.2, -0.15) is 0 Å². The summed E-state index contributed by atoms with van der Waals surface area (Å²) < 4.78 is 41.8. The van der Waals surface area contributed by atoms with Gasteiger partial charge in [-0.3, -0.25) is 0 Å². The van der Waals surface area contributed by atoms with Gasteiger partial charge in [0.15, 0.2) is 11.5 Å². The van der Waals surface area contributed by atoms with E-state index in [9.17, 15) is 13.2 Å². The summed E-state index contributed by atoms with van der Waals surface area (Å²) >= 11 is 12.2. The third-order valence-electron chi connectivity index (χ3n) is 3.96. The van der Waals surface area contributed by atoms with Gasteiger partial charge < -0.3 is 14.2 Å². The zero-order valence-electron chi connectivity index (χ0n) is 15.1. The van der Waals surface area contributed by atoms with Crippen LogP contribution in [0.15, 0.2) is 35.2 Å². The van der Waals surface area contributed by atoms with Gasteiger partial charge in [0.05, 0.1) is 20.5 Å². The number of carbonyl (C=O) groups is 1. The SMILES string of the molecule is CN(C)S(=O)(=O)c1ccc(Cl)c(C(=O)OCc2cc(Cl)c3c(c2)OCCO3)c1. The molecule has 0 atom stereocenters. The Morgan fingerprint density at radius 2 is 1.82 bits per heavy atom. The molecule has 0 unspecified atom stereocenters. The molecule has 1 aliphatic heterocycles. The summed E-state index contributed by atoms with van der Waals surface area (Å²) in [7, 11) is -0.921. The predicted molar refractivity (Wildman–Crippen MR) is 104 cm³/mol. The second-order valence-corrected chi connectivity index (χ2v) is 9.07. The van der Waals surface area contributed by atoms with Crippen LogP contribution >= 0.6 is 23.2 Å². The van der Waals surface area contributed by atoms with E-state index in [1.165, 1.54) is 32.3 Å². The number of hydrogen-bond donors (Lipinski definition) is 0. The van der Waals surface area contributed by atoms with Crippen LogP contribution in [0, 0.1) is 0 Å². The molecular formula is C18H17Cl2NO6S. The molecule has 28 heavy (non-hydrogen) atoms. The van der Waals surface area contributed by atoms with Crippen molar-refractivity contribution in [3.8, 4) is 11.5 Å². The molecule has 0 aliphatic carbocycles. The van der Waals surface area contributed by atoms with Gasteiger partial charge in [-0.25, -0.2) is 17.5 Å². The van der Waals surface area contributed by atoms with Crippen LogP contribution < -0.4 is 9.47 Å². The van der Waals surface area contributed by atoms with Crippen molar-refractivity contribution in [2.75, 3.05) is 27.3 Å². The predicted octanol–water partition coefficient (Wildman–Crippen LogP) is 3.37. The Kier molecular flexibility index (Phi) is 6.04. The molecule has 0 saturated carbocycles. The molecule has 2 aromatic rings. The average Bonchev–Trinajstić information content (AvgIpc) is 2.66. The fraction of sp³-hybridized carbons (Fsp3) is 0.278. The highest BCUT2D eigenvalue weighted by atomic mass is 35.5. The van der Waals surface area contributed by atoms with E-state index < -0.39 is 16.0 Å². The van der Waals surface area contributed by atoms with Crippen molar-refractivity contribution >= 4 is 39.2 Å². The number of halogens is 2. The van der Waals surface area contributed by atoms with Gasteiger partial charge in [0.25, 0.3) is 0 Å². The average molecular weight is 446 g/mol. The van der Waals surface area contributed by atoms with Crippen LogP contribution in [0.3, 0.4) is 0 Å². The molecule has 0 fully saturated rings. The van der Waals surface area contributed by atoms with Crippen LogP contribution in [0.2, 0.25) is 10.0 Å². The van der Waals surface area contributed by atoms with Gasteiger partial charge in [0.1, 0.15) is 19.8 Å². The van der Waals surface area contributed by atoms with Crippen molar-refractivity contribution in [3.05, 3.63) is 51.5 Å². The van der Waals surface area contributed by atoms with E-state index in [0.29, 0.717) is 35.3 Å². The maximum atomic E-state index is 12.5. The van der Waals surface area contributed by atoms with E-state index in [0.717, 1.165) is 4.31 Å². The zero-order chi connectivity index (χ0) is 20.5. The van der Waals surface area contributed by atoms with Crippen LogP contribution in [-0.4, -0.2) is 46.0 Å². The van der Waals surface area contributed by atoms with E-state index in [1.54, 1.807) is 12.1 Å². The van der Waals surface area contributed by atoms with Crippen molar-refractivity contribution in [2.45, 2.75) is 11.5 Å². The summed E-state index contributed by atoms with van der Waals surface area (Å²) in [6.45, 7) is 0.706. The van der Waals surface area contributed by atoms with Crippen molar-refractivity contribution in [1.29, 1.82) is 0 Å². The normalized spacial score (nSPS) is 13.5. The second kappa shape index (κ2) is 8.16. The first-order chi connectivity index (χ1) is 13.2. The Labute approximate surface area is 172 Å². The molecule has 0 bridgehead atoms. The summed E-state index contributed by atoms with van der Waals surface area (Å²) in [5.41, 5.74) is 0.545. The minimum atomic E-state index is -3.71. The van der Waals surface area contributed by atoms with Gasteiger partial charge >= 0.3 is 5.97 Å². The summed E-state index contributed by atoms with van der Waals surface area (Å²) in [6.07, 6.45) is 0. The molecule has 0 amide bonds. The van der Waals surface area contributed by atoms with Gasteiger partial charge in [0.2, 0.25) is 10.0 Å². The van der Waals surface area contributed by atoms with Gasteiger partial charge in [-0.05, 0) is 35.9 Å². The third-order valence-corrected chi connectivity index (χ3v) is 6.38. The van der Waals surface area contributed by atoms with E-state index in [1.807, 2.05) is 0 Å². The lowest BCUT2D eigenvalue weighted by Crippen LogP contribution is -2.22. The molecule has 2 aromatic carbocycles. The molecule has 0 N–H and O–H groups in total. The number of benzene rings is 2. The van der Waals surface area contributed by atoms with Crippen molar-refractivity contribution in [3.63, 3.8) is 0 Å². The Hall–Kier alpha value is -2.00. The molecule has 1 heterocycles. The van der Waals surface area contributed by atoms with Crippen molar-refractivity contribution in [1.82, 2.24) is 4.31 Å². The standard InChI is InChI=1S/C18H17Cl2NO6S/c1-21(2)28(23,24)12-3-4-14(19)13(9-12)18(22)27-10-11-7-15(20)17-16(8-11)25-5-6-26-17/h3-4,7-9H,5-6,10H2,1-2H3. The van der Waals surface area contributed by atoms with E-state index >= 15 is 0 Å². The van der Waals surface area contributed by atoms with Gasteiger partial charge in [-0.15, -0.1) is 0 Å². The highest BCUT2D eigenvalue weighted by molar-refractivity contribution is 7.89. The van der Waals surface area contributed by atoms with Crippen molar-refractivity contribution in [2.24, 2.45) is 0 Å². The largest absolute Gasteiger partial charge is 0.486 e. The van der Waals surface area contributed by atoms with E-state index in [2.05, 4.69) is 0 Å². The summed E-state index contributed by atoms with van der Waals surface area (Å²) in [5.74, 6) is 0.168. The Balaban J connectivity index is 1.80. The molecule has 1 aliphatic rings. The maximum absolute atomic E-state index is 12.5. The number of nitrogens with zero attached hydrogens (tertiary/aromatic N) is 1. The monoisotopic (exact) mass is 445 g/mol. The van der Waals surface area contributed by atoms with E-state index in [-0.39, 0.29) is 22.1 Å². The molecular weight excluding hydrogens is 429 g/mol. The highest BCUT2D eigenvalue weighted by Crippen LogP contribution is 2.38. The molecule has 0 saturated heterocycles. The van der Waals surface area contributed by atoms with Gasteiger partial charge in [0, 0.05) is 14.1 Å². The highest BCUT2D eigenvalue weighted by Gasteiger charge is 2.22. The molecule has 0 radical (unpaired) electrons. The van der Waals surface area contributed by atoms with Crippen LogP contribution in [0.4, 0.5) is 0 Å².